The average Bonchev–Trinajstić information content (AvgIpc) is 3.60. The topological polar surface area (TPSA) is 240 Å². The van der Waals surface area contributed by atoms with E-state index in [1.54, 1.807) is 38.1 Å². The molecule has 0 unspecified atom stereocenters. The van der Waals surface area contributed by atoms with E-state index < -0.39 is 65.7 Å². The number of benzene rings is 2. The first-order valence-corrected chi connectivity index (χ1v) is 18.1. The molecule has 5 amide bonds. The molecule has 278 valence electrons. The fourth-order valence-electron chi connectivity index (χ4n) is 5.69. The molecule has 0 aromatic heterocycles. The highest BCUT2D eigenvalue weighted by molar-refractivity contribution is 7.98. The van der Waals surface area contributed by atoms with E-state index in [0.717, 1.165) is 0 Å². The molecule has 1 aliphatic rings. The summed E-state index contributed by atoms with van der Waals surface area (Å²) in [5, 5.41) is 39.8. The summed E-state index contributed by atoms with van der Waals surface area (Å²) in [5.74, 6) is -4.31. The number of hydrogen-bond acceptors (Lipinski definition) is 10. The van der Waals surface area contributed by atoms with Gasteiger partial charge in [-0.25, -0.2) is 4.79 Å². The number of likely N-dealkylation sites (tertiary alicyclic amines) is 1. The molecule has 0 bridgehead atoms. The number of carboxylic acid groups (broad SMARTS) is 1. The number of nitrogens with two attached hydrogens (primary N) is 1. The summed E-state index contributed by atoms with van der Waals surface area (Å²) in [4.78, 5) is 80.2. The van der Waals surface area contributed by atoms with Gasteiger partial charge in [-0.3, -0.25) is 24.0 Å². The summed E-state index contributed by atoms with van der Waals surface area (Å²) in [7, 11) is 0. The number of phenolic OH excluding ortho intramolecular Hbond substituents is 2. The van der Waals surface area contributed by atoms with Crippen molar-refractivity contribution in [2.45, 2.75) is 76.2 Å². The maximum absolute atomic E-state index is 13.8. The Morgan fingerprint density at radius 3 is 1.84 bits per heavy atom. The van der Waals surface area contributed by atoms with Crippen LogP contribution in [0.1, 0.15) is 44.2 Å². The van der Waals surface area contributed by atoms with Gasteiger partial charge in [-0.2, -0.15) is 11.8 Å². The van der Waals surface area contributed by atoms with Crippen LogP contribution in [0.3, 0.4) is 0 Å². The smallest absolute Gasteiger partial charge is 0.326 e. The predicted octanol–water partition coefficient (Wildman–Crippen LogP) is 0.266. The number of phenols is 2. The summed E-state index contributed by atoms with van der Waals surface area (Å²) in [5.41, 5.74) is 6.71. The molecule has 1 fully saturated rings. The van der Waals surface area contributed by atoms with E-state index in [-0.39, 0.29) is 43.2 Å². The molecule has 9 N–H and O–H groups in total. The molecule has 0 radical (unpaired) electrons. The minimum absolute atomic E-state index is 0.00178. The molecule has 51 heavy (non-hydrogen) atoms. The van der Waals surface area contributed by atoms with E-state index in [9.17, 15) is 44.1 Å². The van der Waals surface area contributed by atoms with Crippen molar-refractivity contribution in [2.24, 2.45) is 11.7 Å². The lowest BCUT2D eigenvalue weighted by atomic mass is 10.00. The Morgan fingerprint density at radius 2 is 1.33 bits per heavy atom. The summed E-state index contributed by atoms with van der Waals surface area (Å²) >= 11 is 1.43. The summed E-state index contributed by atoms with van der Waals surface area (Å²) in [6.07, 6.45) is 2.89. The van der Waals surface area contributed by atoms with Crippen LogP contribution in [-0.4, -0.2) is 111 Å². The quantitative estimate of drug-likeness (QED) is 0.104. The van der Waals surface area contributed by atoms with Gasteiger partial charge in [0.25, 0.3) is 0 Å². The van der Waals surface area contributed by atoms with E-state index in [1.807, 2.05) is 6.26 Å². The average molecular weight is 729 g/mol. The molecule has 1 heterocycles. The third kappa shape index (κ3) is 12.2. The number of nitrogens with one attached hydrogen (secondary N) is 4. The Labute approximate surface area is 301 Å². The van der Waals surface area contributed by atoms with Crippen LogP contribution in [0.2, 0.25) is 0 Å². The molecule has 1 aliphatic heterocycles. The standard InChI is InChI=1S/C35H48N6O9S/c1-20(2)30(34(48)37-25(14-16-51-3)31(45)39-27(35(49)50)18-22-8-12-24(43)13-9-22)40-32(46)26(17-21-6-10-23(42)11-7-21)38-33(47)28-5-4-15-41(28)29(44)19-36/h6-13,20,25-28,30,42-43H,4-5,14-19,36H2,1-3H3,(H,37,48)(H,38,47)(H,39,45)(H,40,46)(H,49,50)/t25-,26-,27-,28-,30-/m0/s1. The first-order valence-electron chi connectivity index (χ1n) is 16.7. The number of carbonyl (C=O) groups excluding carboxylic acids is 5. The van der Waals surface area contributed by atoms with Gasteiger partial charge < -0.3 is 47.2 Å². The zero-order valence-electron chi connectivity index (χ0n) is 29.0. The van der Waals surface area contributed by atoms with E-state index in [0.29, 0.717) is 36.3 Å². The number of carboxylic acids is 1. The van der Waals surface area contributed by atoms with Gasteiger partial charge in [-0.05, 0) is 72.6 Å². The highest BCUT2D eigenvalue weighted by Crippen LogP contribution is 2.19. The van der Waals surface area contributed by atoms with Crippen molar-refractivity contribution < 1.29 is 44.1 Å². The fourth-order valence-corrected chi connectivity index (χ4v) is 6.17. The van der Waals surface area contributed by atoms with Gasteiger partial charge in [0.05, 0.1) is 6.54 Å². The zero-order chi connectivity index (χ0) is 37.7. The molecule has 0 aliphatic carbocycles. The second-order valence-electron chi connectivity index (χ2n) is 12.7. The summed E-state index contributed by atoms with van der Waals surface area (Å²) in [6.45, 7) is 3.48. The molecule has 1 saturated heterocycles. The number of aromatic hydroxyl groups is 2. The van der Waals surface area contributed by atoms with Gasteiger partial charge in [0.2, 0.25) is 29.5 Å². The van der Waals surface area contributed by atoms with E-state index in [4.69, 9.17) is 5.73 Å². The van der Waals surface area contributed by atoms with E-state index in [1.165, 1.54) is 40.9 Å². The van der Waals surface area contributed by atoms with Gasteiger partial charge in [-0.15, -0.1) is 0 Å². The Kier molecular flexibility index (Phi) is 15.5. The van der Waals surface area contributed by atoms with Gasteiger partial charge in [0.1, 0.15) is 41.7 Å². The molecular weight excluding hydrogens is 680 g/mol. The maximum atomic E-state index is 13.8. The number of nitrogens with zero attached hydrogens (tertiary/aromatic N) is 1. The number of hydrogen-bond donors (Lipinski definition) is 8. The van der Waals surface area contributed by atoms with E-state index >= 15 is 0 Å². The lowest BCUT2D eigenvalue weighted by Gasteiger charge is -2.29. The van der Waals surface area contributed by atoms with Crippen LogP contribution in [0.15, 0.2) is 48.5 Å². The summed E-state index contributed by atoms with van der Waals surface area (Å²) < 4.78 is 0. The second-order valence-corrected chi connectivity index (χ2v) is 13.7. The SMILES string of the molecule is CSCC[C@H](NC(=O)[C@@H](NC(=O)[C@H](Cc1ccc(O)cc1)NC(=O)[C@@H]1CCCN1C(=O)CN)C(C)C)C(=O)N[C@@H](Cc1ccc(O)cc1)C(=O)O. The number of rotatable bonds is 18. The molecule has 5 atom stereocenters. The van der Waals surface area contributed by atoms with Crippen molar-refractivity contribution in [3.63, 3.8) is 0 Å². The molecule has 2 aromatic rings. The van der Waals surface area contributed by atoms with Gasteiger partial charge in [0.15, 0.2) is 0 Å². The van der Waals surface area contributed by atoms with Gasteiger partial charge >= 0.3 is 5.97 Å². The van der Waals surface area contributed by atoms with Crippen LogP contribution in [0, 0.1) is 5.92 Å². The number of aliphatic carboxylic acids is 1. The minimum atomic E-state index is -1.32. The number of carbonyl (C=O) groups is 6. The fraction of sp³-hybridized carbons (Fsp3) is 0.486. The molecule has 0 saturated carbocycles. The van der Waals surface area contributed by atoms with Crippen molar-refractivity contribution >= 4 is 47.3 Å². The Balaban J connectivity index is 1.78. The Morgan fingerprint density at radius 1 is 0.804 bits per heavy atom. The van der Waals surface area contributed by atoms with Crippen LogP contribution in [-0.2, 0) is 41.6 Å². The van der Waals surface area contributed by atoms with Gasteiger partial charge in [0, 0.05) is 19.4 Å². The third-order valence-corrected chi connectivity index (χ3v) is 9.18. The van der Waals surface area contributed by atoms with Crippen molar-refractivity contribution in [3.05, 3.63) is 59.7 Å². The van der Waals surface area contributed by atoms with Crippen molar-refractivity contribution in [2.75, 3.05) is 25.1 Å². The predicted molar refractivity (Wildman–Crippen MR) is 191 cm³/mol. The maximum Gasteiger partial charge on any atom is 0.326 e. The van der Waals surface area contributed by atoms with E-state index in [2.05, 4.69) is 21.3 Å². The van der Waals surface area contributed by atoms with Crippen molar-refractivity contribution in [1.29, 1.82) is 0 Å². The third-order valence-electron chi connectivity index (χ3n) is 8.54. The highest BCUT2D eigenvalue weighted by atomic mass is 32.2. The molecule has 16 heteroatoms. The van der Waals surface area contributed by atoms with Crippen LogP contribution in [0.5, 0.6) is 11.5 Å². The molecule has 0 spiro atoms. The molecule has 15 nitrogen and oxygen atoms in total. The number of amides is 5. The summed E-state index contributed by atoms with van der Waals surface area (Å²) in [6, 6.07) is 6.35. The zero-order valence-corrected chi connectivity index (χ0v) is 29.8. The van der Waals surface area contributed by atoms with Crippen molar-refractivity contribution in [3.8, 4) is 11.5 Å². The first-order chi connectivity index (χ1) is 24.2. The van der Waals surface area contributed by atoms with Crippen molar-refractivity contribution in [1.82, 2.24) is 26.2 Å². The molecular formula is C35H48N6O9S. The monoisotopic (exact) mass is 728 g/mol. The number of thioether (sulfide) groups is 1. The second kappa shape index (κ2) is 19.5. The Bertz CT molecular complexity index is 1520. The van der Waals surface area contributed by atoms with Gasteiger partial charge in [-0.1, -0.05) is 38.1 Å². The van der Waals surface area contributed by atoms with Crippen LogP contribution in [0.4, 0.5) is 0 Å². The lowest BCUT2D eigenvalue weighted by Crippen LogP contribution is -2.60. The molecule has 2 aromatic carbocycles. The minimum Gasteiger partial charge on any atom is -0.508 e. The molecule has 3 rings (SSSR count). The van der Waals surface area contributed by atoms with Crippen LogP contribution >= 0.6 is 11.8 Å². The van der Waals surface area contributed by atoms with Crippen LogP contribution in [0.25, 0.3) is 0 Å². The lowest BCUT2D eigenvalue weighted by molar-refractivity contribution is -0.142. The highest BCUT2D eigenvalue weighted by Gasteiger charge is 2.37. The first kappa shape index (κ1) is 40.6. The largest absolute Gasteiger partial charge is 0.508 e. The Hall–Kier alpha value is -4.83. The normalized spacial score (nSPS) is 16.4. The van der Waals surface area contributed by atoms with Crippen LogP contribution < -0.4 is 27.0 Å².